The van der Waals surface area contributed by atoms with Gasteiger partial charge in [-0.05, 0) is 42.0 Å². The molecule has 27 heavy (non-hydrogen) atoms. The van der Waals surface area contributed by atoms with Crippen LogP contribution in [0.2, 0.25) is 0 Å². The summed E-state index contributed by atoms with van der Waals surface area (Å²) < 4.78 is 45.8. The smallest absolute Gasteiger partial charge is 0.248 e. The van der Waals surface area contributed by atoms with Crippen molar-refractivity contribution in [2.75, 3.05) is 13.1 Å². The van der Waals surface area contributed by atoms with E-state index >= 15 is 0 Å². The highest BCUT2D eigenvalue weighted by Gasteiger charge is 2.31. The van der Waals surface area contributed by atoms with E-state index in [9.17, 15) is 12.8 Å². The molecule has 1 saturated heterocycles. The van der Waals surface area contributed by atoms with Gasteiger partial charge in [0.25, 0.3) is 0 Å². The van der Waals surface area contributed by atoms with Crippen LogP contribution in [-0.2, 0) is 15.8 Å². The first kappa shape index (κ1) is 18.3. The quantitative estimate of drug-likeness (QED) is 0.645. The van der Waals surface area contributed by atoms with E-state index in [2.05, 4.69) is 10.2 Å². The van der Waals surface area contributed by atoms with Crippen molar-refractivity contribution in [2.24, 2.45) is 0 Å². The van der Waals surface area contributed by atoms with Crippen LogP contribution in [0, 0.1) is 5.82 Å². The van der Waals surface area contributed by atoms with Crippen LogP contribution in [-0.4, -0.2) is 36.0 Å². The molecule has 1 fully saturated rings. The molecule has 3 aromatic rings. The minimum atomic E-state index is -3.49. The van der Waals surface area contributed by atoms with Crippen molar-refractivity contribution in [3.63, 3.8) is 0 Å². The van der Waals surface area contributed by atoms with E-state index in [4.69, 9.17) is 4.42 Å². The Hall–Kier alpha value is -2.10. The van der Waals surface area contributed by atoms with E-state index in [-0.39, 0.29) is 11.7 Å². The molecule has 6 nitrogen and oxygen atoms in total. The highest BCUT2D eigenvalue weighted by atomic mass is 32.2. The molecule has 1 aliphatic heterocycles. The maximum atomic E-state index is 13.3. The molecule has 0 aliphatic carbocycles. The fraction of sp³-hybridized carbons (Fsp3) is 0.333. The van der Waals surface area contributed by atoms with Crippen molar-refractivity contribution in [2.45, 2.75) is 24.5 Å². The maximum absolute atomic E-state index is 13.3. The molecule has 9 heteroatoms. The number of nitrogens with zero attached hydrogens (tertiary/aromatic N) is 3. The standard InChI is InChI=1S/C18H18FN3O3S2/c19-16-3-1-2-13(10-16)12-27(23,24)22-7-4-14(5-8-22)17-20-21-18(25-17)15-6-9-26-11-15/h1-3,6,9-11,14H,4-5,7-8,12H2. The molecule has 0 bridgehead atoms. The van der Waals surface area contributed by atoms with Gasteiger partial charge in [-0.15, -0.1) is 10.2 Å². The topological polar surface area (TPSA) is 76.3 Å². The van der Waals surface area contributed by atoms with Crippen LogP contribution in [0.5, 0.6) is 0 Å². The average molecular weight is 407 g/mol. The summed E-state index contributed by atoms with van der Waals surface area (Å²) in [5.74, 6) is 0.466. The molecule has 0 spiro atoms. The third-order valence-electron chi connectivity index (χ3n) is 4.64. The van der Waals surface area contributed by atoms with E-state index in [1.807, 2.05) is 16.8 Å². The lowest BCUT2D eigenvalue weighted by molar-refractivity contribution is 0.291. The van der Waals surface area contributed by atoms with Crippen LogP contribution in [0.1, 0.15) is 30.2 Å². The van der Waals surface area contributed by atoms with E-state index < -0.39 is 15.8 Å². The van der Waals surface area contributed by atoms with E-state index in [1.165, 1.54) is 22.5 Å². The Balaban J connectivity index is 1.40. The number of rotatable bonds is 5. The molecular weight excluding hydrogens is 389 g/mol. The van der Waals surface area contributed by atoms with Gasteiger partial charge in [0.15, 0.2) is 0 Å². The van der Waals surface area contributed by atoms with E-state index in [1.54, 1.807) is 17.4 Å². The van der Waals surface area contributed by atoms with Gasteiger partial charge in [0.05, 0.1) is 5.75 Å². The van der Waals surface area contributed by atoms with E-state index in [0.717, 1.165) is 5.56 Å². The molecule has 0 saturated carbocycles. The lowest BCUT2D eigenvalue weighted by atomic mass is 9.98. The van der Waals surface area contributed by atoms with E-state index in [0.29, 0.717) is 43.3 Å². The molecule has 1 aliphatic rings. The summed E-state index contributed by atoms with van der Waals surface area (Å²) in [7, 11) is -3.49. The Kier molecular flexibility index (Phi) is 5.07. The summed E-state index contributed by atoms with van der Waals surface area (Å²) in [4.78, 5) is 0. The molecule has 0 unspecified atom stereocenters. The van der Waals surface area contributed by atoms with Crippen LogP contribution < -0.4 is 0 Å². The molecule has 0 amide bonds. The van der Waals surface area contributed by atoms with Crippen molar-refractivity contribution in [1.29, 1.82) is 0 Å². The Morgan fingerprint density at radius 2 is 2.04 bits per heavy atom. The number of aromatic nitrogens is 2. The number of benzene rings is 1. The molecule has 4 rings (SSSR count). The van der Waals surface area contributed by atoms with Gasteiger partial charge >= 0.3 is 0 Å². The molecule has 3 heterocycles. The first-order valence-corrected chi connectivity index (χ1v) is 11.1. The minimum Gasteiger partial charge on any atom is -0.420 e. The second-order valence-electron chi connectivity index (χ2n) is 6.52. The van der Waals surface area contributed by atoms with Gasteiger partial charge in [0, 0.05) is 30.0 Å². The summed E-state index contributed by atoms with van der Waals surface area (Å²) in [6.07, 6.45) is 1.24. The zero-order valence-corrected chi connectivity index (χ0v) is 16.0. The van der Waals surface area contributed by atoms with Gasteiger partial charge in [-0.25, -0.2) is 17.1 Å². The predicted molar refractivity (Wildman–Crippen MR) is 100 cm³/mol. The number of piperidine rings is 1. The average Bonchev–Trinajstić information content (AvgIpc) is 3.33. The highest BCUT2D eigenvalue weighted by molar-refractivity contribution is 7.88. The zero-order chi connectivity index (χ0) is 18.9. The first-order valence-electron chi connectivity index (χ1n) is 8.59. The predicted octanol–water partition coefficient (Wildman–Crippen LogP) is 3.65. The molecule has 0 radical (unpaired) electrons. The van der Waals surface area contributed by atoms with Gasteiger partial charge in [0.1, 0.15) is 5.82 Å². The molecule has 0 N–H and O–H groups in total. The van der Waals surface area contributed by atoms with Gasteiger partial charge in [0.2, 0.25) is 21.8 Å². The fourth-order valence-electron chi connectivity index (χ4n) is 3.21. The molecule has 142 valence electrons. The van der Waals surface area contributed by atoms with Crippen LogP contribution in [0.15, 0.2) is 45.5 Å². The second-order valence-corrected chi connectivity index (χ2v) is 9.27. The van der Waals surface area contributed by atoms with Crippen LogP contribution >= 0.6 is 11.3 Å². The number of halogens is 1. The monoisotopic (exact) mass is 407 g/mol. The third-order valence-corrected chi connectivity index (χ3v) is 7.18. The van der Waals surface area contributed by atoms with Crippen LogP contribution in [0.4, 0.5) is 4.39 Å². The largest absolute Gasteiger partial charge is 0.420 e. The molecular formula is C18H18FN3O3S2. The van der Waals surface area contributed by atoms with Gasteiger partial charge < -0.3 is 4.42 Å². The summed E-state index contributed by atoms with van der Waals surface area (Å²) in [5, 5.41) is 12.1. The normalized spacial score (nSPS) is 16.6. The van der Waals surface area contributed by atoms with Crippen molar-refractivity contribution in [1.82, 2.24) is 14.5 Å². The van der Waals surface area contributed by atoms with Gasteiger partial charge in [-0.2, -0.15) is 11.3 Å². The Labute approximate surface area is 160 Å². The van der Waals surface area contributed by atoms with Crippen LogP contribution in [0.3, 0.4) is 0 Å². The summed E-state index contributed by atoms with van der Waals surface area (Å²) in [6, 6.07) is 7.62. The fourth-order valence-corrected chi connectivity index (χ4v) is 5.39. The van der Waals surface area contributed by atoms with Crippen molar-refractivity contribution in [3.8, 4) is 11.5 Å². The number of hydrogen-bond acceptors (Lipinski definition) is 6. The van der Waals surface area contributed by atoms with Crippen molar-refractivity contribution < 1.29 is 17.2 Å². The third kappa shape index (κ3) is 4.10. The Morgan fingerprint density at radius 3 is 2.74 bits per heavy atom. The highest BCUT2D eigenvalue weighted by Crippen LogP contribution is 2.31. The molecule has 2 aromatic heterocycles. The van der Waals surface area contributed by atoms with Gasteiger partial charge in [-0.3, -0.25) is 0 Å². The zero-order valence-electron chi connectivity index (χ0n) is 14.4. The summed E-state index contributed by atoms with van der Waals surface area (Å²) in [6.45, 7) is 0.775. The lowest BCUT2D eigenvalue weighted by Crippen LogP contribution is -2.38. The van der Waals surface area contributed by atoms with Crippen molar-refractivity contribution >= 4 is 21.4 Å². The number of sulfonamides is 1. The van der Waals surface area contributed by atoms with Gasteiger partial charge in [-0.1, -0.05) is 12.1 Å². The number of thiophene rings is 1. The molecule has 1 aromatic carbocycles. The lowest BCUT2D eigenvalue weighted by Gasteiger charge is -2.29. The maximum Gasteiger partial charge on any atom is 0.248 e. The molecule has 0 atom stereocenters. The Bertz CT molecular complexity index is 1010. The first-order chi connectivity index (χ1) is 13.0. The number of hydrogen-bond donors (Lipinski definition) is 0. The SMILES string of the molecule is O=S(=O)(Cc1cccc(F)c1)N1CCC(c2nnc(-c3ccsc3)o2)CC1. The minimum absolute atomic E-state index is 0.0468. The summed E-state index contributed by atoms with van der Waals surface area (Å²) in [5.41, 5.74) is 1.35. The van der Waals surface area contributed by atoms with Crippen molar-refractivity contribution in [3.05, 3.63) is 58.4 Å². The summed E-state index contributed by atoms with van der Waals surface area (Å²) >= 11 is 1.56. The Morgan fingerprint density at radius 1 is 1.22 bits per heavy atom. The second kappa shape index (κ2) is 7.49. The van der Waals surface area contributed by atoms with Crippen LogP contribution in [0.25, 0.3) is 11.5 Å².